The highest BCUT2D eigenvalue weighted by Crippen LogP contribution is 2.24. The lowest BCUT2D eigenvalue weighted by Crippen LogP contribution is -2.12. The lowest BCUT2D eigenvalue weighted by Gasteiger charge is -2.11. The molecule has 3 aromatic heterocycles. The van der Waals surface area contributed by atoms with E-state index < -0.39 is 5.97 Å². The van der Waals surface area contributed by atoms with Gasteiger partial charge in [-0.1, -0.05) is 6.07 Å². The summed E-state index contributed by atoms with van der Waals surface area (Å²) in [6.07, 6.45) is 3.15. The van der Waals surface area contributed by atoms with Crippen molar-refractivity contribution in [1.82, 2.24) is 9.97 Å². The van der Waals surface area contributed by atoms with Crippen LogP contribution in [0.3, 0.4) is 0 Å². The number of hydrogen-bond donors (Lipinski definition) is 0. The van der Waals surface area contributed by atoms with E-state index in [1.165, 1.54) is 11.3 Å². The molecule has 0 fully saturated rings. The van der Waals surface area contributed by atoms with Crippen LogP contribution in [-0.2, 0) is 11.3 Å². The Kier molecular flexibility index (Phi) is 4.38. The van der Waals surface area contributed by atoms with Crippen molar-refractivity contribution in [2.24, 2.45) is 0 Å². The van der Waals surface area contributed by atoms with Gasteiger partial charge in [0.05, 0.1) is 16.6 Å². The van der Waals surface area contributed by atoms with Crippen molar-refractivity contribution in [2.45, 2.75) is 6.61 Å². The van der Waals surface area contributed by atoms with Crippen LogP contribution in [0.2, 0.25) is 0 Å². The third-order valence-electron chi connectivity index (χ3n) is 3.07. The number of nitrogens with zero attached hydrogens (tertiary/aromatic N) is 3. The normalized spacial score (nSPS) is 10.5. The second kappa shape index (κ2) is 6.62. The van der Waals surface area contributed by atoms with Gasteiger partial charge >= 0.3 is 5.97 Å². The summed E-state index contributed by atoms with van der Waals surface area (Å²) in [5.41, 5.74) is 0.446. The average Bonchev–Trinajstić information content (AvgIpc) is 3.23. The van der Waals surface area contributed by atoms with E-state index in [0.717, 1.165) is 4.88 Å². The fourth-order valence-corrected chi connectivity index (χ4v) is 2.55. The lowest BCUT2D eigenvalue weighted by molar-refractivity contribution is 0.0446. The van der Waals surface area contributed by atoms with Crippen molar-refractivity contribution in [3.8, 4) is 10.8 Å². The molecule has 0 saturated heterocycles. The van der Waals surface area contributed by atoms with Crippen molar-refractivity contribution < 1.29 is 13.9 Å². The summed E-state index contributed by atoms with van der Waals surface area (Å²) in [7, 11) is 3.72. The summed E-state index contributed by atoms with van der Waals surface area (Å²) in [6.45, 7) is 0.0385. The number of ether oxygens (including phenoxy) is 1. The molecule has 7 heteroatoms. The van der Waals surface area contributed by atoms with E-state index in [2.05, 4.69) is 9.97 Å². The monoisotopic (exact) mass is 329 g/mol. The zero-order chi connectivity index (χ0) is 16.2. The van der Waals surface area contributed by atoms with Gasteiger partial charge in [-0.2, -0.15) is 0 Å². The van der Waals surface area contributed by atoms with Crippen LogP contribution >= 0.6 is 11.3 Å². The van der Waals surface area contributed by atoms with Crippen molar-refractivity contribution in [3.05, 3.63) is 53.4 Å². The molecule has 3 aromatic rings. The van der Waals surface area contributed by atoms with Gasteiger partial charge in [-0.05, 0) is 23.6 Å². The molecular weight excluding hydrogens is 314 g/mol. The van der Waals surface area contributed by atoms with E-state index in [1.807, 2.05) is 36.5 Å². The number of thiophene rings is 1. The van der Waals surface area contributed by atoms with Crippen molar-refractivity contribution in [1.29, 1.82) is 0 Å². The number of rotatable bonds is 5. The van der Waals surface area contributed by atoms with Gasteiger partial charge in [0.1, 0.15) is 5.82 Å². The second-order valence-corrected chi connectivity index (χ2v) is 5.93. The number of hydrogen-bond acceptors (Lipinski definition) is 7. The first kappa shape index (κ1) is 15.2. The minimum Gasteiger partial charge on any atom is -0.454 e. The maximum atomic E-state index is 12.1. The third kappa shape index (κ3) is 3.57. The molecule has 0 amide bonds. The number of aromatic nitrogens is 2. The number of carbonyl (C=O) groups is 1. The molecule has 23 heavy (non-hydrogen) atoms. The fraction of sp³-hybridized carbons (Fsp3) is 0.188. The molecule has 0 aliphatic carbocycles. The molecule has 0 N–H and O–H groups in total. The highest BCUT2D eigenvalue weighted by atomic mass is 32.1. The molecule has 0 aliphatic rings. The summed E-state index contributed by atoms with van der Waals surface area (Å²) in [4.78, 5) is 23.2. The maximum Gasteiger partial charge on any atom is 0.338 e. The number of esters is 1. The van der Waals surface area contributed by atoms with E-state index in [0.29, 0.717) is 23.0 Å². The molecule has 0 unspecified atom stereocenters. The van der Waals surface area contributed by atoms with Crippen LogP contribution in [0.1, 0.15) is 16.1 Å². The Morgan fingerprint density at radius 2 is 2.22 bits per heavy atom. The lowest BCUT2D eigenvalue weighted by atomic mass is 10.2. The first-order chi connectivity index (χ1) is 11.1. The zero-order valence-electron chi connectivity index (χ0n) is 12.7. The van der Waals surface area contributed by atoms with E-state index in [1.54, 1.807) is 24.5 Å². The number of carbonyl (C=O) groups excluding carboxylic acids is 1. The zero-order valence-corrected chi connectivity index (χ0v) is 13.5. The predicted molar refractivity (Wildman–Crippen MR) is 87.5 cm³/mol. The third-order valence-corrected chi connectivity index (χ3v) is 3.93. The fourth-order valence-electron chi connectivity index (χ4n) is 1.90. The van der Waals surface area contributed by atoms with E-state index in [-0.39, 0.29) is 6.61 Å². The molecule has 6 nitrogen and oxygen atoms in total. The molecule has 0 saturated carbocycles. The van der Waals surface area contributed by atoms with Crippen molar-refractivity contribution in [2.75, 3.05) is 19.0 Å². The molecule has 0 bridgehead atoms. The van der Waals surface area contributed by atoms with Crippen molar-refractivity contribution >= 4 is 23.1 Å². The quantitative estimate of drug-likeness (QED) is 0.670. The van der Waals surface area contributed by atoms with Crippen LogP contribution in [0.25, 0.3) is 10.8 Å². The first-order valence-corrected chi connectivity index (χ1v) is 7.80. The molecule has 0 aliphatic heterocycles. The minimum absolute atomic E-state index is 0.0385. The average molecular weight is 329 g/mol. The van der Waals surface area contributed by atoms with Crippen LogP contribution in [0.5, 0.6) is 0 Å². The highest BCUT2D eigenvalue weighted by Gasteiger charge is 2.12. The van der Waals surface area contributed by atoms with E-state index in [9.17, 15) is 4.79 Å². The van der Waals surface area contributed by atoms with Crippen LogP contribution in [-0.4, -0.2) is 30.0 Å². The van der Waals surface area contributed by atoms with Gasteiger partial charge < -0.3 is 14.1 Å². The molecular formula is C16H15N3O3S. The van der Waals surface area contributed by atoms with Crippen LogP contribution in [0.4, 0.5) is 5.82 Å². The van der Waals surface area contributed by atoms with Crippen molar-refractivity contribution in [3.63, 3.8) is 0 Å². The van der Waals surface area contributed by atoms with Crippen LogP contribution in [0.15, 0.2) is 46.5 Å². The number of oxazole rings is 1. The molecule has 3 heterocycles. The Morgan fingerprint density at radius 1 is 1.35 bits per heavy atom. The Labute approximate surface area is 137 Å². The SMILES string of the molecule is CN(C)c1cc(C(=O)OCc2cnc(-c3cccs3)o2)ccn1. The molecule has 0 atom stereocenters. The summed E-state index contributed by atoms with van der Waals surface area (Å²) >= 11 is 1.54. The number of anilines is 1. The Morgan fingerprint density at radius 3 is 2.96 bits per heavy atom. The van der Waals surface area contributed by atoms with Gasteiger partial charge in [-0.15, -0.1) is 11.3 Å². The predicted octanol–water partition coefficient (Wildman–Crippen LogP) is 3.22. The van der Waals surface area contributed by atoms with Crippen LogP contribution in [0, 0.1) is 0 Å². The van der Waals surface area contributed by atoms with Crippen LogP contribution < -0.4 is 4.90 Å². The standard InChI is InChI=1S/C16H15N3O3S/c1-19(2)14-8-11(5-6-17-14)16(20)21-10-12-9-18-15(22-12)13-4-3-7-23-13/h3-9H,10H2,1-2H3. The summed E-state index contributed by atoms with van der Waals surface area (Å²) in [5, 5.41) is 1.95. The van der Waals surface area contributed by atoms with Gasteiger partial charge in [0.25, 0.3) is 0 Å². The minimum atomic E-state index is -0.426. The smallest absolute Gasteiger partial charge is 0.338 e. The summed E-state index contributed by atoms with van der Waals surface area (Å²) < 4.78 is 10.8. The number of pyridine rings is 1. The van der Waals surface area contributed by atoms with Gasteiger partial charge in [-0.3, -0.25) is 0 Å². The molecule has 0 radical (unpaired) electrons. The Hall–Kier alpha value is -2.67. The highest BCUT2D eigenvalue weighted by molar-refractivity contribution is 7.13. The maximum absolute atomic E-state index is 12.1. The second-order valence-electron chi connectivity index (χ2n) is 4.98. The molecule has 118 valence electrons. The molecule has 0 spiro atoms. The molecule has 0 aromatic carbocycles. The van der Waals surface area contributed by atoms with Gasteiger partial charge in [0.15, 0.2) is 12.4 Å². The largest absolute Gasteiger partial charge is 0.454 e. The molecule has 3 rings (SSSR count). The Balaban J connectivity index is 1.64. The van der Waals surface area contributed by atoms with Gasteiger partial charge in [-0.25, -0.2) is 14.8 Å². The first-order valence-electron chi connectivity index (χ1n) is 6.92. The topological polar surface area (TPSA) is 68.5 Å². The van der Waals surface area contributed by atoms with Gasteiger partial charge in [0, 0.05) is 20.3 Å². The van der Waals surface area contributed by atoms with Gasteiger partial charge in [0.2, 0.25) is 5.89 Å². The summed E-state index contributed by atoms with van der Waals surface area (Å²) in [5.74, 6) is 1.30. The van der Waals surface area contributed by atoms with E-state index >= 15 is 0 Å². The van der Waals surface area contributed by atoms with E-state index in [4.69, 9.17) is 9.15 Å². The Bertz CT molecular complexity index is 797. The summed E-state index contributed by atoms with van der Waals surface area (Å²) in [6, 6.07) is 7.15.